The van der Waals surface area contributed by atoms with Gasteiger partial charge in [0.25, 0.3) is 0 Å². The SMILES string of the molecule is COCCc1c[nH]c2ncccc12. The van der Waals surface area contributed by atoms with E-state index in [-0.39, 0.29) is 0 Å². The van der Waals surface area contributed by atoms with E-state index in [0.717, 1.165) is 18.7 Å². The van der Waals surface area contributed by atoms with Crippen LogP contribution in [0.3, 0.4) is 0 Å². The van der Waals surface area contributed by atoms with E-state index in [1.54, 1.807) is 13.3 Å². The number of aromatic nitrogens is 2. The number of hydrogen-bond acceptors (Lipinski definition) is 2. The second-order valence-electron chi connectivity index (χ2n) is 2.96. The average Bonchev–Trinajstić information content (AvgIpc) is 2.58. The normalized spacial score (nSPS) is 10.8. The molecule has 2 heterocycles. The molecule has 68 valence electrons. The fourth-order valence-corrected chi connectivity index (χ4v) is 1.43. The van der Waals surface area contributed by atoms with Gasteiger partial charge in [-0.2, -0.15) is 0 Å². The minimum atomic E-state index is 0.752. The van der Waals surface area contributed by atoms with E-state index < -0.39 is 0 Å². The maximum absolute atomic E-state index is 5.03. The zero-order valence-electron chi connectivity index (χ0n) is 7.58. The number of H-pyrrole nitrogens is 1. The van der Waals surface area contributed by atoms with E-state index in [1.807, 2.05) is 12.3 Å². The van der Waals surface area contributed by atoms with Crippen LogP contribution in [0.15, 0.2) is 24.5 Å². The highest BCUT2D eigenvalue weighted by Crippen LogP contribution is 2.15. The molecule has 0 aliphatic carbocycles. The molecule has 0 radical (unpaired) electrons. The molecule has 2 rings (SSSR count). The molecule has 0 atom stereocenters. The highest BCUT2D eigenvalue weighted by atomic mass is 16.5. The first-order valence-corrected chi connectivity index (χ1v) is 4.31. The van der Waals surface area contributed by atoms with E-state index in [9.17, 15) is 0 Å². The van der Waals surface area contributed by atoms with Crippen molar-refractivity contribution < 1.29 is 4.74 Å². The summed E-state index contributed by atoms with van der Waals surface area (Å²) in [6.45, 7) is 0.752. The Balaban J connectivity index is 2.35. The van der Waals surface area contributed by atoms with Gasteiger partial charge in [0.2, 0.25) is 0 Å². The standard InChI is InChI=1S/C10H12N2O/c1-13-6-4-8-7-12-10-9(8)3-2-5-11-10/h2-3,5,7H,4,6H2,1H3,(H,11,12). The van der Waals surface area contributed by atoms with Crippen LogP contribution in [0.5, 0.6) is 0 Å². The number of pyridine rings is 1. The van der Waals surface area contributed by atoms with Crippen molar-refractivity contribution in [1.29, 1.82) is 0 Å². The van der Waals surface area contributed by atoms with Crippen molar-refractivity contribution in [1.82, 2.24) is 9.97 Å². The molecule has 0 aliphatic rings. The van der Waals surface area contributed by atoms with Crippen molar-refractivity contribution in [3.8, 4) is 0 Å². The number of hydrogen-bond donors (Lipinski definition) is 1. The molecule has 3 nitrogen and oxygen atoms in total. The number of aromatic amines is 1. The number of ether oxygens (including phenoxy) is 1. The Labute approximate surface area is 76.8 Å². The fraction of sp³-hybridized carbons (Fsp3) is 0.300. The number of rotatable bonds is 3. The molecule has 0 bridgehead atoms. The third-order valence-corrected chi connectivity index (χ3v) is 2.11. The molecule has 0 aromatic carbocycles. The Bertz CT molecular complexity index is 394. The van der Waals surface area contributed by atoms with E-state index in [4.69, 9.17) is 4.74 Å². The van der Waals surface area contributed by atoms with Gasteiger partial charge in [0.15, 0.2) is 0 Å². The summed E-state index contributed by atoms with van der Waals surface area (Å²) >= 11 is 0. The largest absolute Gasteiger partial charge is 0.384 e. The Hall–Kier alpha value is -1.35. The van der Waals surface area contributed by atoms with E-state index in [1.165, 1.54) is 10.9 Å². The van der Waals surface area contributed by atoms with Crippen molar-refractivity contribution in [3.63, 3.8) is 0 Å². The minimum Gasteiger partial charge on any atom is -0.384 e. The third kappa shape index (κ3) is 1.55. The summed E-state index contributed by atoms with van der Waals surface area (Å²) in [4.78, 5) is 7.34. The molecule has 0 amide bonds. The van der Waals surface area contributed by atoms with Gasteiger partial charge in [0.1, 0.15) is 5.65 Å². The van der Waals surface area contributed by atoms with Crippen molar-refractivity contribution in [2.24, 2.45) is 0 Å². The summed E-state index contributed by atoms with van der Waals surface area (Å²) in [5, 5.41) is 1.19. The molecule has 2 aromatic heterocycles. The van der Waals surface area contributed by atoms with Crippen LogP contribution in [0.2, 0.25) is 0 Å². The highest BCUT2D eigenvalue weighted by molar-refractivity contribution is 5.79. The van der Waals surface area contributed by atoms with Gasteiger partial charge in [-0.05, 0) is 24.1 Å². The monoisotopic (exact) mass is 176 g/mol. The first-order valence-electron chi connectivity index (χ1n) is 4.31. The molecular weight excluding hydrogens is 164 g/mol. The van der Waals surface area contributed by atoms with Gasteiger partial charge in [-0.25, -0.2) is 4.98 Å². The van der Waals surface area contributed by atoms with Crippen LogP contribution in [0, 0.1) is 0 Å². The lowest BCUT2D eigenvalue weighted by Crippen LogP contribution is -1.92. The lowest BCUT2D eigenvalue weighted by molar-refractivity contribution is 0.202. The summed E-state index contributed by atoms with van der Waals surface area (Å²) in [6.07, 6.45) is 4.72. The lowest BCUT2D eigenvalue weighted by Gasteiger charge is -1.96. The molecule has 0 spiro atoms. The predicted molar refractivity (Wildman–Crippen MR) is 51.7 cm³/mol. The zero-order valence-corrected chi connectivity index (χ0v) is 7.58. The van der Waals surface area contributed by atoms with E-state index >= 15 is 0 Å². The summed E-state index contributed by atoms with van der Waals surface area (Å²) in [7, 11) is 1.72. The Kier molecular flexibility index (Phi) is 2.27. The van der Waals surface area contributed by atoms with Gasteiger partial charge in [-0.15, -0.1) is 0 Å². The topological polar surface area (TPSA) is 37.9 Å². The molecular formula is C10H12N2O. The molecule has 0 fully saturated rings. The van der Waals surface area contributed by atoms with Crippen LogP contribution in [0.25, 0.3) is 11.0 Å². The van der Waals surface area contributed by atoms with E-state index in [2.05, 4.69) is 16.0 Å². The van der Waals surface area contributed by atoms with Crippen LogP contribution in [-0.4, -0.2) is 23.7 Å². The fourth-order valence-electron chi connectivity index (χ4n) is 1.43. The van der Waals surface area contributed by atoms with Gasteiger partial charge >= 0.3 is 0 Å². The van der Waals surface area contributed by atoms with Crippen LogP contribution in [0.4, 0.5) is 0 Å². The molecule has 0 saturated heterocycles. The van der Waals surface area contributed by atoms with Gasteiger partial charge in [-0.3, -0.25) is 0 Å². The lowest BCUT2D eigenvalue weighted by atomic mass is 10.2. The Morgan fingerprint density at radius 2 is 2.46 bits per heavy atom. The number of fused-ring (bicyclic) bond motifs is 1. The maximum atomic E-state index is 5.03. The Morgan fingerprint density at radius 1 is 1.54 bits per heavy atom. The molecule has 13 heavy (non-hydrogen) atoms. The van der Waals surface area contributed by atoms with Crippen LogP contribution in [-0.2, 0) is 11.2 Å². The number of nitrogens with zero attached hydrogens (tertiary/aromatic N) is 1. The van der Waals surface area contributed by atoms with Crippen LogP contribution in [0.1, 0.15) is 5.56 Å². The van der Waals surface area contributed by atoms with Crippen molar-refractivity contribution in [3.05, 3.63) is 30.1 Å². The average molecular weight is 176 g/mol. The molecule has 3 heteroatoms. The highest BCUT2D eigenvalue weighted by Gasteiger charge is 2.02. The number of methoxy groups -OCH3 is 1. The minimum absolute atomic E-state index is 0.752. The molecule has 0 saturated carbocycles. The maximum Gasteiger partial charge on any atom is 0.137 e. The van der Waals surface area contributed by atoms with Gasteiger partial charge < -0.3 is 9.72 Å². The second-order valence-corrected chi connectivity index (χ2v) is 2.96. The van der Waals surface area contributed by atoms with E-state index in [0.29, 0.717) is 0 Å². The third-order valence-electron chi connectivity index (χ3n) is 2.11. The quantitative estimate of drug-likeness (QED) is 0.773. The van der Waals surface area contributed by atoms with Crippen LogP contribution < -0.4 is 0 Å². The van der Waals surface area contributed by atoms with Crippen molar-refractivity contribution >= 4 is 11.0 Å². The molecule has 0 unspecified atom stereocenters. The van der Waals surface area contributed by atoms with Crippen LogP contribution >= 0.6 is 0 Å². The first-order chi connectivity index (χ1) is 6.42. The predicted octanol–water partition coefficient (Wildman–Crippen LogP) is 1.75. The van der Waals surface area contributed by atoms with Gasteiger partial charge in [0.05, 0.1) is 6.61 Å². The second kappa shape index (κ2) is 3.58. The van der Waals surface area contributed by atoms with Crippen molar-refractivity contribution in [2.45, 2.75) is 6.42 Å². The first kappa shape index (κ1) is 8.26. The summed E-state index contributed by atoms with van der Waals surface area (Å²) in [5.74, 6) is 0. The number of nitrogens with one attached hydrogen (secondary N) is 1. The summed E-state index contributed by atoms with van der Waals surface area (Å²) in [6, 6.07) is 4.02. The van der Waals surface area contributed by atoms with Gasteiger partial charge in [0, 0.05) is 24.9 Å². The Morgan fingerprint density at radius 3 is 3.31 bits per heavy atom. The summed E-state index contributed by atoms with van der Waals surface area (Å²) in [5.41, 5.74) is 2.22. The summed E-state index contributed by atoms with van der Waals surface area (Å²) < 4.78 is 5.03. The molecule has 0 aliphatic heterocycles. The van der Waals surface area contributed by atoms with Gasteiger partial charge in [-0.1, -0.05) is 0 Å². The zero-order chi connectivity index (χ0) is 9.10. The smallest absolute Gasteiger partial charge is 0.137 e. The molecule has 1 N–H and O–H groups in total. The molecule has 2 aromatic rings. The van der Waals surface area contributed by atoms with Crippen molar-refractivity contribution in [2.75, 3.05) is 13.7 Å².